The van der Waals surface area contributed by atoms with E-state index < -0.39 is 0 Å². The summed E-state index contributed by atoms with van der Waals surface area (Å²) in [5.41, 5.74) is 1.87. The van der Waals surface area contributed by atoms with Crippen molar-refractivity contribution in [2.75, 3.05) is 10.8 Å². The van der Waals surface area contributed by atoms with Crippen LogP contribution in [0.4, 0.5) is 5.69 Å². The van der Waals surface area contributed by atoms with Gasteiger partial charge in [0.25, 0.3) is 5.56 Å². The third kappa shape index (κ3) is 2.96. The highest BCUT2D eigenvalue weighted by Gasteiger charge is 2.24. The van der Waals surface area contributed by atoms with Gasteiger partial charge in [0, 0.05) is 16.3 Å². The van der Waals surface area contributed by atoms with Gasteiger partial charge in [-0.25, -0.2) is 4.98 Å². The van der Waals surface area contributed by atoms with Crippen LogP contribution in [0.5, 0.6) is 0 Å². The Hall–Kier alpha value is -2.75. The highest BCUT2D eigenvalue weighted by Crippen LogP contribution is 2.30. The van der Waals surface area contributed by atoms with E-state index in [4.69, 9.17) is 11.6 Å². The van der Waals surface area contributed by atoms with E-state index in [0.717, 1.165) is 11.3 Å². The lowest BCUT2D eigenvalue weighted by Gasteiger charge is -2.31. The van der Waals surface area contributed by atoms with Gasteiger partial charge < -0.3 is 4.90 Å². The quantitative estimate of drug-likeness (QED) is 0.629. The molecule has 4 rings (SSSR count). The summed E-state index contributed by atoms with van der Waals surface area (Å²) in [7, 11) is 0. The van der Waals surface area contributed by atoms with Gasteiger partial charge in [-0.05, 0) is 18.2 Å². The van der Waals surface area contributed by atoms with Crippen molar-refractivity contribution in [2.45, 2.75) is 11.8 Å². The number of hydrogen-bond acceptors (Lipinski definition) is 5. The standard InChI is InChI=1S/C19H13ClN4OS/c20-14-7-4-8-15(9-14)23-11-24-18(25)16(10-21)17(22-19(24)26-12-23)13-5-2-1-3-6-13/h1-9H,11-12H2. The Morgan fingerprint density at radius 3 is 2.69 bits per heavy atom. The van der Waals surface area contributed by atoms with E-state index in [-0.39, 0.29) is 11.1 Å². The molecule has 0 unspecified atom stereocenters. The van der Waals surface area contributed by atoms with Crippen LogP contribution in [0, 0.1) is 11.3 Å². The normalized spacial score (nSPS) is 13.2. The molecule has 1 aliphatic rings. The van der Waals surface area contributed by atoms with Crippen molar-refractivity contribution in [2.24, 2.45) is 0 Å². The molecule has 1 aromatic heterocycles. The van der Waals surface area contributed by atoms with Crippen LogP contribution in [0.25, 0.3) is 11.3 Å². The first-order valence-corrected chi connectivity index (χ1v) is 9.27. The molecule has 0 amide bonds. The van der Waals surface area contributed by atoms with Gasteiger partial charge in [-0.1, -0.05) is 59.8 Å². The molecule has 2 aromatic carbocycles. The molecule has 0 saturated heterocycles. The van der Waals surface area contributed by atoms with Gasteiger partial charge in [-0.3, -0.25) is 9.36 Å². The summed E-state index contributed by atoms with van der Waals surface area (Å²) < 4.78 is 1.54. The summed E-state index contributed by atoms with van der Waals surface area (Å²) >= 11 is 7.54. The summed E-state index contributed by atoms with van der Waals surface area (Å²) in [6, 6.07) is 18.8. The van der Waals surface area contributed by atoms with E-state index >= 15 is 0 Å². The van der Waals surface area contributed by atoms with Crippen molar-refractivity contribution in [1.82, 2.24) is 9.55 Å². The fourth-order valence-electron chi connectivity index (χ4n) is 2.85. The number of aromatic nitrogens is 2. The zero-order valence-electron chi connectivity index (χ0n) is 13.6. The maximum atomic E-state index is 12.9. The third-order valence-electron chi connectivity index (χ3n) is 4.13. The first-order chi connectivity index (χ1) is 12.7. The Labute approximate surface area is 159 Å². The van der Waals surface area contributed by atoms with Gasteiger partial charge >= 0.3 is 0 Å². The fraction of sp³-hybridized carbons (Fsp3) is 0.105. The molecule has 0 atom stereocenters. The second-order valence-electron chi connectivity index (χ2n) is 5.76. The first kappa shape index (κ1) is 16.7. The summed E-state index contributed by atoms with van der Waals surface area (Å²) in [5.74, 6) is 0.646. The summed E-state index contributed by atoms with van der Waals surface area (Å²) in [6.45, 7) is 0.332. The molecule has 3 aromatic rings. The molecule has 0 fully saturated rings. The molecule has 7 heteroatoms. The van der Waals surface area contributed by atoms with Crippen LogP contribution in [-0.2, 0) is 6.67 Å². The van der Waals surface area contributed by atoms with Crippen molar-refractivity contribution >= 4 is 29.1 Å². The predicted molar refractivity (Wildman–Crippen MR) is 103 cm³/mol. The molecule has 5 nitrogen and oxygen atoms in total. The molecule has 0 bridgehead atoms. The number of rotatable bonds is 2. The number of halogens is 1. The molecule has 0 aliphatic carbocycles. The third-order valence-corrected chi connectivity index (χ3v) is 5.37. The van der Waals surface area contributed by atoms with Crippen LogP contribution in [-0.4, -0.2) is 15.4 Å². The number of thioether (sulfide) groups is 1. The van der Waals surface area contributed by atoms with Crippen molar-refractivity contribution < 1.29 is 0 Å². The highest BCUT2D eigenvalue weighted by atomic mass is 35.5. The number of benzene rings is 2. The molecule has 0 saturated carbocycles. The SMILES string of the molecule is N#Cc1c(-c2ccccc2)nc2n(c1=O)CN(c1cccc(Cl)c1)CS2. The average Bonchev–Trinajstić information content (AvgIpc) is 2.68. The molecule has 2 heterocycles. The maximum Gasteiger partial charge on any atom is 0.274 e. The van der Waals surface area contributed by atoms with E-state index in [1.807, 2.05) is 65.6 Å². The smallest absolute Gasteiger partial charge is 0.274 e. The minimum absolute atomic E-state index is 0.0634. The number of anilines is 1. The van der Waals surface area contributed by atoms with Crippen LogP contribution >= 0.6 is 23.4 Å². The molecule has 0 spiro atoms. The lowest BCUT2D eigenvalue weighted by atomic mass is 10.1. The van der Waals surface area contributed by atoms with Crippen molar-refractivity contribution in [3.63, 3.8) is 0 Å². The molecule has 128 valence electrons. The lowest BCUT2D eigenvalue weighted by molar-refractivity contribution is 0.560. The Morgan fingerprint density at radius 1 is 1.15 bits per heavy atom. The number of hydrogen-bond donors (Lipinski definition) is 0. The number of nitriles is 1. The maximum absolute atomic E-state index is 12.9. The van der Waals surface area contributed by atoms with Gasteiger partial charge in [0.15, 0.2) is 5.16 Å². The van der Waals surface area contributed by atoms with E-state index in [9.17, 15) is 10.1 Å². The summed E-state index contributed by atoms with van der Waals surface area (Å²) in [5, 5.41) is 10.8. The molecular weight excluding hydrogens is 368 g/mol. The average molecular weight is 381 g/mol. The second-order valence-corrected chi connectivity index (χ2v) is 7.11. The number of fused-ring (bicyclic) bond motifs is 1. The Bertz CT molecular complexity index is 1080. The first-order valence-electron chi connectivity index (χ1n) is 7.91. The van der Waals surface area contributed by atoms with Gasteiger partial charge in [-0.2, -0.15) is 5.26 Å². The Morgan fingerprint density at radius 2 is 1.96 bits per heavy atom. The topological polar surface area (TPSA) is 61.9 Å². The van der Waals surface area contributed by atoms with E-state index in [1.54, 1.807) is 4.57 Å². The lowest BCUT2D eigenvalue weighted by Crippen LogP contribution is -2.38. The molecule has 0 radical (unpaired) electrons. The van der Waals surface area contributed by atoms with Crippen LogP contribution in [0.3, 0.4) is 0 Å². The highest BCUT2D eigenvalue weighted by molar-refractivity contribution is 7.99. The molecule has 26 heavy (non-hydrogen) atoms. The van der Waals surface area contributed by atoms with Crippen LogP contribution in [0.15, 0.2) is 64.5 Å². The fourth-order valence-corrected chi connectivity index (χ4v) is 3.99. The minimum atomic E-state index is -0.324. The summed E-state index contributed by atoms with van der Waals surface area (Å²) in [6.07, 6.45) is 0. The molecule has 0 N–H and O–H groups in total. The zero-order valence-corrected chi connectivity index (χ0v) is 15.2. The second kappa shape index (κ2) is 6.87. The van der Waals surface area contributed by atoms with Crippen molar-refractivity contribution in [3.8, 4) is 17.3 Å². The van der Waals surface area contributed by atoms with Gasteiger partial charge in [0.2, 0.25) is 0 Å². The Kier molecular flexibility index (Phi) is 4.41. The van der Waals surface area contributed by atoms with Crippen LogP contribution < -0.4 is 10.5 Å². The van der Waals surface area contributed by atoms with Crippen LogP contribution in [0.2, 0.25) is 5.02 Å². The molecule has 1 aliphatic heterocycles. The minimum Gasteiger partial charge on any atom is -0.343 e. The van der Waals surface area contributed by atoms with Crippen molar-refractivity contribution in [1.29, 1.82) is 5.26 Å². The van der Waals surface area contributed by atoms with Gasteiger partial charge in [0.05, 0.1) is 11.6 Å². The van der Waals surface area contributed by atoms with E-state index in [1.165, 1.54) is 11.8 Å². The zero-order chi connectivity index (χ0) is 18.1. The van der Waals surface area contributed by atoms with Gasteiger partial charge in [-0.15, -0.1) is 0 Å². The van der Waals surface area contributed by atoms with Crippen molar-refractivity contribution in [3.05, 3.63) is 75.5 Å². The Balaban J connectivity index is 1.79. The van der Waals surface area contributed by atoms with E-state index in [2.05, 4.69) is 4.98 Å². The summed E-state index contributed by atoms with van der Waals surface area (Å²) in [4.78, 5) is 19.6. The monoisotopic (exact) mass is 380 g/mol. The van der Waals surface area contributed by atoms with Crippen LogP contribution in [0.1, 0.15) is 5.56 Å². The number of nitrogens with zero attached hydrogens (tertiary/aromatic N) is 4. The largest absolute Gasteiger partial charge is 0.343 e. The van der Waals surface area contributed by atoms with E-state index in [0.29, 0.717) is 28.4 Å². The predicted octanol–water partition coefficient (Wildman–Crippen LogP) is 3.96. The molecular formula is C19H13ClN4OS. The van der Waals surface area contributed by atoms with Gasteiger partial charge in [0.1, 0.15) is 18.3 Å².